The summed E-state index contributed by atoms with van der Waals surface area (Å²) >= 11 is 0. The highest BCUT2D eigenvalue weighted by Crippen LogP contribution is 2.29. The van der Waals surface area contributed by atoms with Crippen molar-refractivity contribution in [1.82, 2.24) is 15.5 Å². The van der Waals surface area contributed by atoms with Gasteiger partial charge < -0.3 is 20.4 Å². The van der Waals surface area contributed by atoms with E-state index in [0.29, 0.717) is 37.6 Å². The first-order valence-corrected chi connectivity index (χ1v) is 10.6. The van der Waals surface area contributed by atoms with Gasteiger partial charge in [-0.2, -0.15) is 13.2 Å². The Balaban J connectivity index is 0.00000385. The van der Waals surface area contributed by atoms with Gasteiger partial charge in [0.25, 0.3) is 0 Å². The average molecular weight is 575 g/mol. The molecule has 0 bridgehead atoms. The number of hydrogen-bond acceptors (Lipinski definition) is 3. The number of carbonyl (C=O) groups is 1. The van der Waals surface area contributed by atoms with Crippen molar-refractivity contribution < 1.29 is 18.0 Å². The Morgan fingerprint density at radius 3 is 2.33 bits per heavy atom. The van der Waals surface area contributed by atoms with Crippen molar-refractivity contribution in [3.8, 4) is 0 Å². The number of carbonyl (C=O) groups excluding carboxylic acids is 1. The van der Waals surface area contributed by atoms with Crippen molar-refractivity contribution in [3.05, 3.63) is 65.7 Å². The van der Waals surface area contributed by atoms with Crippen LogP contribution >= 0.6 is 24.0 Å². The highest BCUT2D eigenvalue weighted by atomic mass is 127. The van der Waals surface area contributed by atoms with Crippen molar-refractivity contribution in [1.29, 1.82) is 0 Å². The Morgan fingerprint density at radius 2 is 1.70 bits per heavy atom. The number of para-hydroxylation sites is 1. The third-order valence-electron chi connectivity index (χ3n) is 5.32. The van der Waals surface area contributed by atoms with Gasteiger partial charge in [0.15, 0.2) is 5.96 Å². The van der Waals surface area contributed by atoms with Crippen molar-refractivity contribution in [3.63, 3.8) is 0 Å². The fraction of sp³-hybridized carbons (Fsp3) is 0.391. The summed E-state index contributed by atoms with van der Waals surface area (Å²) in [4.78, 5) is 20.7. The number of nitrogens with one attached hydrogen (secondary N) is 2. The summed E-state index contributed by atoms with van der Waals surface area (Å²) in [6.45, 7) is 3.53. The van der Waals surface area contributed by atoms with Crippen LogP contribution in [-0.2, 0) is 17.5 Å². The molecule has 0 unspecified atom stereocenters. The number of halogens is 4. The Hall–Kier alpha value is -2.50. The quantitative estimate of drug-likeness (QED) is 0.313. The van der Waals surface area contributed by atoms with E-state index in [1.54, 1.807) is 13.1 Å². The molecular weight excluding hydrogens is 546 g/mol. The molecule has 2 aromatic rings. The first-order chi connectivity index (χ1) is 15.4. The number of anilines is 1. The maximum absolute atomic E-state index is 12.8. The lowest BCUT2D eigenvalue weighted by molar-refractivity contribution is -0.137. The number of aliphatic imine (C=N–C) groups is 1. The molecule has 0 saturated carbocycles. The fourth-order valence-electron chi connectivity index (χ4n) is 3.56. The highest BCUT2D eigenvalue weighted by molar-refractivity contribution is 14.0. The standard InChI is InChI=1S/C23H28F3N5O.HI/c1-27-22(29-17-18-6-5-7-19(16-18)23(24,25)26)28-11-10-21(32)31-14-12-30(13-15-31)20-8-3-2-4-9-20;/h2-9,16H,10-15,17H2,1H3,(H2,27,28,29);1H. The number of guanidine groups is 1. The molecule has 1 aliphatic heterocycles. The molecule has 10 heteroatoms. The first-order valence-electron chi connectivity index (χ1n) is 10.6. The van der Waals surface area contributed by atoms with Gasteiger partial charge >= 0.3 is 6.18 Å². The normalized spacial score (nSPS) is 14.5. The first kappa shape index (κ1) is 26.7. The smallest absolute Gasteiger partial charge is 0.368 e. The van der Waals surface area contributed by atoms with Gasteiger partial charge in [0.1, 0.15) is 0 Å². The summed E-state index contributed by atoms with van der Waals surface area (Å²) in [5.41, 5.74) is 0.977. The maximum atomic E-state index is 12.8. The third-order valence-corrected chi connectivity index (χ3v) is 5.32. The minimum Gasteiger partial charge on any atom is -0.368 e. The van der Waals surface area contributed by atoms with E-state index < -0.39 is 11.7 Å². The SMILES string of the molecule is CN=C(NCCC(=O)N1CCN(c2ccccc2)CC1)NCc1cccc(C(F)(F)F)c1.I. The number of hydrogen-bond donors (Lipinski definition) is 2. The van der Waals surface area contributed by atoms with Gasteiger partial charge in [-0.05, 0) is 29.8 Å². The van der Waals surface area contributed by atoms with Crippen molar-refractivity contribution >= 4 is 41.5 Å². The molecule has 6 nitrogen and oxygen atoms in total. The summed E-state index contributed by atoms with van der Waals surface area (Å²) < 4.78 is 38.5. The van der Waals surface area contributed by atoms with Crippen LogP contribution in [0.4, 0.5) is 18.9 Å². The summed E-state index contributed by atoms with van der Waals surface area (Å²) in [5.74, 6) is 0.502. The molecular formula is C23H29F3IN5O. The summed E-state index contributed by atoms with van der Waals surface area (Å²) in [6.07, 6.45) is -4.06. The lowest BCUT2D eigenvalue weighted by Crippen LogP contribution is -2.49. The molecule has 2 aromatic carbocycles. The zero-order valence-electron chi connectivity index (χ0n) is 18.4. The lowest BCUT2D eigenvalue weighted by Gasteiger charge is -2.36. The van der Waals surface area contributed by atoms with Crippen LogP contribution < -0.4 is 15.5 Å². The maximum Gasteiger partial charge on any atom is 0.416 e. The molecule has 1 fully saturated rings. The van der Waals surface area contributed by atoms with E-state index in [-0.39, 0.29) is 36.4 Å². The average Bonchev–Trinajstić information content (AvgIpc) is 2.81. The summed E-state index contributed by atoms with van der Waals surface area (Å²) in [5, 5.41) is 6.03. The highest BCUT2D eigenvalue weighted by Gasteiger charge is 2.30. The van der Waals surface area contributed by atoms with Crippen LogP contribution in [0.2, 0.25) is 0 Å². The molecule has 1 saturated heterocycles. The molecule has 1 amide bonds. The number of benzene rings is 2. The molecule has 0 aromatic heterocycles. The van der Waals surface area contributed by atoms with Gasteiger partial charge in [0.05, 0.1) is 5.56 Å². The minimum atomic E-state index is -4.37. The number of rotatable bonds is 6. The van der Waals surface area contributed by atoms with Crippen LogP contribution in [-0.4, -0.2) is 56.5 Å². The van der Waals surface area contributed by atoms with E-state index in [1.807, 2.05) is 23.1 Å². The largest absolute Gasteiger partial charge is 0.416 e. The number of nitrogens with zero attached hydrogens (tertiary/aromatic N) is 3. The zero-order valence-corrected chi connectivity index (χ0v) is 20.8. The zero-order chi connectivity index (χ0) is 23.0. The molecule has 3 rings (SSSR count). The molecule has 0 atom stereocenters. The van der Waals surface area contributed by atoms with Crippen molar-refractivity contribution in [2.45, 2.75) is 19.1 Å². The second-order valence-corrected chi connectivity index (χ2v) is 7.50. The van der Waals surface area contributed by atoms with Crippen molar-refractivity contribution in [2.24, 2.45) is 4.99 Å². The Kier molecular flexibility index (Phi) is 10.3. The van der Waals surface area contributed by atoms with E-state index in [9.17, 15) is 18.0 Å². The second kappa shape index (κ2) is 12.7. The third kappa shape index (κ3) is 8.09. The van der Waals surface area contributed by atoms with Gasteiger partial charge in [-0.15, -0.1) is 24.0 Å². The topological polar surface area (TPSA) is 60.0 Å². The van der Waals surface area contributed by atoms with Crippen LogP contribution in [0, 0.1) is 0 Å². The molecule has 1 heterocycles. The van der Waals surface area contributed by atoms with E-state index in [4.69, 9.17) is 0 Å². The number of alkyl halides is 3. The van der Waals surface area contributed by atoms with E-state index >= 15 is 0 Å². The molecule has 1 aliphatic rings. The van der Waals surface area contributed by atoms with E-state index in [0.717, 1.165) is 30.9 Å². The van der Waals surface area contributed by atoms with Crippen LogP contribution in [0.5, 0.6) is 0 Å². The predicted molar refractivity (Wildman–Crippen MR) is 135 cm³/mol. The Labute approximate surface area is 209 Å². The summed E-state index contributed by atoms with van der Waals surface area (Å²) in [6, 6.07) is 15.3. The molecule has 180 valence electrons. The van der Waals surface area contributed by atoms with Gasteiger partial charge in [0.2, 0.25) is 5.91 Å². The fourth-order valence-corrected chi connectivity index (χ4v) is 3.56. The molecule has 0 spiro atoms. The second-order valence-electron chi connectivity index (χ2n) is 7.50. The minimum absolute atomic E-state index is 0. The van der Waals surface area contributed by atoms with Gasteiger partial charge in [-0.1, -0.05) is 30.3 Å². The molecule has 33 heavy (non-hydrogen) atoms. The monoisotopic (exact) mass is 575 g/mol. The van der Waals surface area contributed by atoms with Gasteiger partial charge in [0, 0.05) is 58.4 Å². The number of amides is 1. The lowest BCUT2D eigenvalue weighted by atomic mass is 10.1. The Bertz CT molecular complexity index is 916. The van der Waals surface area contributed by atoms with Crippen LogP contribution in [0.25, 0.3) is 0 Å². The van der Waals surface area contributed by atoms with E-state index in [2.05, 4.69) is 32.7 Å². The Morgan fingerprint density at radius 1 is 1.00 bits per heavy atom. The number of piperazine rings is 1. The van der Waals surface area contributed by atoms with E-state index in [1.165, 1.54) is 6.07 Å². The predicted octanol–water partition coefficient (Wildman–Crippen LogP) is 3.73. The van der Waals surface area contributed by atoms with Crippen LogP contribution in [0.15, 0.2) is 59.6 Å². The van der Waals surface area contributed by atoms with Gasteiger partial charge in [-0.25, -0.2) is 0 Å². The molecule has 0 aliphatic carbocycles. The van der Waals surface area contributed by atoms with Crippen LogP contribution in [0.1, 0.15) is 17.5 Å². The summed E-state index contributed by atoms with van der Waals surface area (Å²) in [7, 11) is 1.58. The van der Waals surface area contributed by atoms with Crippen molar-refractivity contribution in [2.75, 3.05) is 44.7 Å². The molecule has 2 N–H and O–H groups in total. The molecule has 0 radical (unpaired) electrons. The van der Waals surface area contributed by atoms with Crippen LogP contribution in [0.3, 0.4) is 0 Å². The van der Waals surface area contributed by atoms with Gasteiger partial charge in [-0.3, -0.25) is 9.79 Å².